The van der Waals surface area contributed by atoms with Gasteiger partial charge in [-0.3, -0.25) is 4.79 Å². The summed E-state index contributed by atoms with van der Waals surface area (Å²) in [6, 6.07) is 8.03. The summed E-state index contributed by atoms with van der Waals surface area (Å²) >= 11 is 0. The van der Waals surface area contributed by atoms with Crippen molar-refractivity contribution >= 4 is 11.6 Å². The van der Waals surface area contributed by atoms with Crippen LogP contribution in [0, 0.1) is 0 Å². The summed E-state index contributed by atoms with van der Waals surface area (Å²) in [5.41, 5.74) is 2.02. The maximum absolute atomic E-state index is 12.1. The molecule has 1 aliphatic rings. The molecule has 1 aromatic carbocycles. The zero-order chi connectivity index (χ0) is 11.8. The van der Waals surface area contributed by atoms with Crippen molar-refractivity contribution in [3.05, 3.63) is 29.8 Å². The van der Waals surface area contributed by atoms with Gasteiger partial charge in [0.1, 0.15) is 0 Å². The summed E-state index contributed by atoms with van der Waals surface area (Å²) in [6.07, 6.45) is 0.531. The summed E-state index contributed by atoms with van der Waals surface area (Å²) in [7, 11) is 1.91. The van der Waals surface area contributed by atoms with Gasteiger partial charge in [-0.05, 0) is 32.5 Å². The molecule has 3 nitrogen and oxygen atoms in total. The number of carbonyl (C=O) groups excluding carboxylic acids is 1. The molecule has 0 saturated heterocycles. The fourth-order valence-electron chi connectivity index (χ4n) is 2.43. The first-order valence-corrected chi connectivity index (χ1v) is 5.62. The molecule has 86 valence electrons. The fourth-order valence-corrected chi connectivity index (χ4v) is 2.43. The minimum atomic E-state index is -0.182. The van der Waals surface area contributed by atoms with Crippen LogP contribution in [0.25, 0.3) is 0 Å². The van der Waals surface area contributed by atoms with E-state index >= 15 is 0 Å². The monoisotopic (exact) mass is 218 g/mol. The maximum Gasteiger partial charge on any atom is 0.232 e. The molecule has 3 heteroatoms. The van der Waals surface area contributed by atoms with Crippen molar-refractivity contribution < 1.29 is 4.79 Å². The number of hydrogen-bond donors (Lipinski definition) is 1. The fraction of sp³-hybridized carbons (Fsp3) is 0.462. The van der Waals surface area contributed by atoms with E-state index < -0.39 is 0 Å². The Morgan fingerprint density at radius 3 is 2.75 bits per heavy atom. The van der Waals surface area contributed by atoms with Crippen LogP contribution in [0.1, 0.15) is 19.4 Å². The van der Waals surface area contributed by atoms with E-state index in [2.05, 4.69) is 19.2 Å². The Hall–Kier alpha value is -1.35. The Balaban J connectivity index is 2.39. The van der Waals surface area contributed by atoms with Crippen LogP contribution in [0.2, 0.25) is 0 Å². The second-order valence-corrected chi connectivity index (χ2v) is 4.88. The Labute approximate surface area is 96.5 Å². The largest absolute Gasteiger partial charge is 0.317 e. The first kappa shape index (κ1) is 11.1. The van der Waals surface area contributed by atoms with Crippen LogP contribution in [0.3, 0.4) is 0 Å². The summed E-state index contributed by atoms with van der Waals surface area (Å²) in [5.74, 6) is 0.196. The molecule has 1 N–H and O–H groups in total. The van der Waals surface area contributed by atoms with Crippen molar-refractivity contribution in [1.82, 2.24) is 5.32 Å². The number of benzene rings is 1. The lowest BCUT2D eigenvalue weighted by Crippen LogP contribution is -2.51. The highest BCUT2D eigenvalue weighted by Gasteiger charge is 2.37. The number of nitrogens with zero attached hydrogens (tertiary/aromatic N) is 1. The summed E-state index contributed by atoms with van der Waals surface area (Å²) in [6.45, 7) is 4.96. The van der Waals surface area contributed by atoms with Crippen LogP contribution in [0.5, 0.6) is 0 Å². The van der Waals surface area contributed by atoms with E-state index in [-0.39, 0.29) is 11.4 Å². The van der Waals surface area contributed by atoms with Crippen LogP contribution in [0.15, 0.2) is 24.3 Å². The molecular formula is C13H18N2O. The van der Waals surface area contributed by atoms with E-state index in [1.807, 2.05) is 36.2 Å². The van der Waals surface area contributed by atoms with Gasteiger partial charge in [-0.1, -0.05) is 18.2 Å². The standard InChI is InChI=1S/C13H18N2O/c1-13(2,9-14-3)15-11-7-5-4-6-10(11)8-12(15)16/h4-7,14H,8-9H2,1-3H3. The zero-order valence-electron chi connectivity index (χ0n) is 10.1. The van der Waals surface area contributed by atoms with Gasteiger partial charge in [-0.15, -0.1) is 0 Å². The summed E-state index contributed by atoms with van der Waals surface area (Å²) < 4.78 is 0. The van der Waals surface area contributed by atoms with Gasteiger partial charge >= 0.3 is 0 Å². The zero-order valence-corrected chi connectivity index (χ0v) is 10.1. The van der Waals surface area contributed by atoms with Crippen molar-refractivity contribution in [3.8, 4) is 0 Å². The number of hydrogen-bond acceptors (Lipinski definition) is 2. The van der Waals surface area contributed by atoms with Crippen LogP contribution in [-0.2, 0) is 11.2 Å². The van der Waals surface area contributed by atoms with Crippen molar-refractivity contribution in [2.24, 2.45) is 0 Å². The molecule has 0 aromatic heterocycles. The SMILES string of the molecule is CNCC(C)(C)N1C(=O)Cc2ccccc21. The van der Waals surface area contributed by atoms with Crippen LogP contribution >= 0.6 is 0 Å². The molecule has 1 amide bonds. The highest BCUT2D eigenvalue weighted by molar-refractivity contribution is 6.02. The van der Waals surface area contributed by atoms with Gasteiger partial charge in [-0.2, -0.15) is 0 Å². The lowest BCUT2D eigenvalue weighted by atomic mass is 10.0. The Morgan fingerprint density at radius 2 is 2.06 bits per heavy atom. The van der Waals surface area contributed by atoms with Gasteiger partial charge in [0.15, 0.2) is 0 Å². The molecule has 2 rings (SSSR count). The third-order valence-electron chi connectivity index (χ3n) is 3.04. The molecule has 0 spiro atoms. The number of nitrogens with one attached hydrogen (secondary N) is 1. The number of anilines is 1. The van der Waals surface area contributed by atoms with Gasteiger partial charge in [-0.25, -0.2) is 0 Å². The number of likely N-dealkylation sites (N-methyl/N-ethyl adjacent to an activating group) is 1. The summed E-state index contributed by atoms with van der Waals surface area (Å²) in [5, 5.41) is 3.14. The van der Waals surface area contributed by atoms with E-state index in [1.165, 1.54) is 0 Å². The molecule has 0 unspecified atom stereocenters. The normalized spacial score (nSPS) is 15.4. The minimum Gasteiger partial charge on any atom is -0.317 e. The van der Waals surface area contributed by atoms with Gasteiger partial charge < -0.3 is 10.2 Å². The first-order chi connectivity index (χ1) is 7.56. The molecule has 1 aliphatic heterocycles. The van der Waals surface area contributed by atoms with Gasteiger partial charge in [0.05, 0.1) is 12.0 Å². The van der Waals surface area contributed by atoms with Crippen molar-refractivity contribution in [2.75, 3.05) is 18.5 Å². The molecule has 0 radical (unpaired) electrons. The predicted molar refractivity (Wildman–Crippen MR) is 65.6 cm³/mol. The first-order valence-electron chi connectivity index (χ1n) is 5.62. The Bertz CT molecular complexity index is 412. The number of para-hydroxylation sites is 1. The van der Waals surface area contributed by atoms with Gasteiger partial charge in [0, 0.05) is 12.2 Å². The number of carbonyl (C=O) groups is 1. The molecule has 1 heterocycles. The van der Waals surface area contributed by atoms with E-state index in [9.17, 15) is 4.79 Å². The smallest absolute Gasteiger partial charge is 0.232 e. The second-order valence-electron chi connectivity index (χ2n) is 4.88. The lowest BCUT2D eigenvalue weighted by molar-refractivity contribution is -0.118. The van der Waals surface area contributed by atoms with Crippen molar-refractivity contribution in [3.63, 3.8) is 0 Å². The Kier molecular flexibility index (Phi) is 2.72. The van der Waals surface area contributed by atoms with Crippen molar-refractivity contribution in [2.45, 2.75) is 25.8 Å². The van der Waals surface area contributed by atoms with E-state index in [4.69, 9.17) is 0 Å². The molecule has 16 heavy (non-hydrogen) atoms. The summed E-state index contributed by atoms with van der Waals surface area (Å²) in [4.78, 5) is 14.0. The molecule has 0 fully saturated rings. The predicted octanol–water partition coefficient (Wildman–Crippen LogP) is 1.57. The van der Waals surface area contributed by atoms with E-state index in [1.54, 1.807) is 0 Å². The second kappa shape index (κ2) is 3.91. The molecule has 1 aromatic rings. The quantitative estimate of drug-likeness (QED) is 0.835. The third-order valence-corrected chi connectivity index (χ3v) is 3.04. The highest BCUT2D eigenvalue weighted by Crippen LogP contribution is 2.33. The highest BCUT2D eigenvalue weighted by atomic mass is 16.2. The van der Waals surface area contributed by atoms with E-state index in [0.29, 0.717) is 6.42 Å². The molecule has 0 atom stereocenters. The minimum absolute atomic E-state index is 0.182. The number of rotatable bonds is 3. The number of fused-ring (bicyclic) bond motifs is 1. The molecular weight excluding hydrogens is 200 g/mol. The van der Waals surface area contributed by atoms with Gasteiger partial charge in [0.2, 0.25) is 5.91 Å². The molecule has 0 bridgehead atoms. The average Bonchev–Trinajstić information content (AvgIpc) is 2.53. The maximum atomic E-state index is 12.1. The topological polar surface area (TPSA) is 32.3 Å². The van der Waals surface area contributed by atoms with Crippen molar-refractivity contribution in [1.29, 1.82) is 0 Å². The van der Waals surface area contributed by atoms with Gasteiger partial charge in [0.25, 0.3) is 0 Å². The lowest BCUT2D eigenvalue weighted by Gasteiger charge is -2.36. The third kappa shape index (κ3) is 1.71. The Morgan fingerprint density at radius 1 is 1.38 bits per heavy atom. The van der Waals surface area contributed by atoms with E-state index in [0.717, 1.165) is 17.8 Å². The molecule has 0 saturated carbocycles. The average molecular weight is 218 g/mol. The molecule has 0 aliphatic carbocycles. The van der Waals surface area contributed by atoms with Crippen LogP contribution in [0.4, 0.5) is 5.69 Å². The van der Waals surface area contributed by atoms with Crippen LogP contribution in [-0.4, -0.2) is 25.0 Å². The number of amides is 1. The van der Waals surface area contributed by atoms with Crippen LogP contribution < -0.4 is 10.2 Å².